The van der Waals surface area contributed by atoms with Crippen molar-refractivity contribution in [2.75, 3.05) is 31.2 Å². The lowest BCUT2D eigenvalue weighted by Gasteiger charge is -2.37. The number of rotatable bonds is 3. The predicted octanol–water partition coefficient (Wildman–Crippen LogP) is 5.29. The molecule has 3 aromatic carbocycles. The van der Waals surface area contributed by atoms with Crippen molar-refractivity contribution in [3.05, 3.63) is 89.0 Å². The Morgan fingerprint density at radius 2 is 1.72 bits per heavy atom. The minimum Gasteiger partial charge on any atom is -0.347 e. The van der Waals surface area contributed by atoms with E-state index in [0.717, 1.165) is 26.6 Å². The SMILES string of the molecule is Cc1cccc(CN2C(=O)c3ccccc3Sc3ccc(C(=O)N4CCC5(CC4)OCCO5)cc32)c1. The number of nitrogens with zero attached hydrogens (tertiary/aromatic N) is 2. The van der Waals surface area contributed by atoms with E-state index in [9.17, 15) is 9.59 Å². The zero-order chi connectivity index (χ0) is 24.7. The minimum absolute atomic E-state index is 0.0274. The highest BCUT2D eigenvalue weighted by Crippen LogP contribution is 2.42. The van der Waals surface area contributed by atoms with Gasteiger partial charge in [-0.25, -0.2) is 0 Å². The van der Waals surface area contributed by atoms with Crippen LogP contribution >= 0.6 is 11.8 Å². The van der Waals surface area contributed by atoms with Gasteiger partial charge in [0.2, 0.25) is 0 Å². The van der Waals surface area contributed by atoms with E-state index in [4.69, 9.17) is 9.47 Å². The van der Waals surface area contributed by atoms with Gasteiger partial charge in [0, 0.05) is 41.3 Å². The van der Waals surface area contributed by atoms with Gasteiger partial charge in [0.25, 0.3) is 11.8 Å². The molecule has 0 bridgehead atoms. The zero-order valence-corrected chi connectivity index (χ0v) is 21.1. The number of piperidine rings is 1. The summed E-state index contributed by atoms with van der Waals surface area (Å²) in [5, 5.41) is 0. The number of benzene rings is 3. The fourth-order valence-corrected chi connectivity index (χ4v) is 6.28. The van der Waals surface area contributed by atoms with Gasteiger partial charge >= 0.3 is 0 Å². The average Bonchev–Trinajstić information content (AvgIpc) is 3.31. The number of carbonyl (C=O) groups is 2. The summed E-state index contributed by atoms with van der Waals surface area (Å²) in [5.41, 5.74) is 4.23. The molecule has 3 aliphatic rings. The van der Waals surface area contributed by atoms with E-state index in [-0.39, 0.29) is 11.8 Å². The van der Waals surface area contributed by atoms with E-state index in [2.05, 4.69) is 6.07 Å². The van der Waals surface area contributed by atoms with Crippen LogP contribution in [0.3, 0.4) is 0 Å². The number of hydrogen-bond acceptors (Lipinski definition) is 5. The second-order valence-electron chi connectivity index (χ2n) is 9.56. The van der Waals surface area contributed by atoms with Crippen molar-refractivity contribution in [1.29, 1.82) is 0 Å². The van der Waals surface area contributed by atoms with Crippen LogP contribution in [0.2, 0.25) is 0 Å². The molecule has 2 fully saturated rings. The van der Waals surface area contributed by atoms with Crippen molar-refractivity contribution in [3.63, 3.8) is 0 Å². The smallest absolute Gasteiger partial charge is 0.259 e. The molecule has 36 heavy (non-hydrogen) atoms. The Labute approximate surface area is 215 Å². The molecule has 3 heterocycles. The van der Waals surface area contributed by atoms with Crippen molar-refractivity contribution in [1.82, 2.24) is 4.90 Å². The Morgan fingerprint density at radius 3 is 2.50 bits per heavy atom. The fraction of sp³-hybridized carbons (Fsp3) is 0.310. The summed E-state index contributed by atoms with van der Waals surface area (Å²) in [7, 11) is 0. The normalized spacial score (nSPS) is 18.6. The largest absolute Gasteiger partial charge is 0.347 e. The average molecular weight is 501 g/mol. The first-order chi connectivity index (χ1) is 17.5. The highest BCUT2D eigenvalue weighted by Gasteiger charge is 2.41. The first-order valence-corrected chi connectivity index (χ1v) is 13.2. The number of anilines is 1. The maximum Gasteiger partial charge on any atom is 0.259 e. The molecule has 0 atom stereocenters. The third kappa shape index (κ3) is 4.32. The molecular formula is C29H28N2O4S. The van der Waals surface area contributed by atoms with Gasteiger partial charge in [-0.3, -0.25) is 9.59 Å². The molecule has 2 saturated heterocycles. The summed E-state index contributed by atoms with van der Waals surface area (Å²) < 4.78 is 11.6. The Kier molecular flexibility index (Phi) is 6.07. The molecule has 7 heteroatoms. The van der Waals surface area contributed by atoms with Crippen LogP contribution in [0.5, 0.6) is 0 Å². The van der Waals surface area contributed by atoms with Gasteiger partial charge in [-0.15, -0.1) is 0 Å². The van der Waals surface area contributed by atoms with Crippen LogP contribution in [0.25, 0.3) is 0 Å². The minimum atomic E-state index is -0.524. The maximum absolute atomic E-state index is 13.8. The molecule has 3 aliphatic heterocycles. The second kappa shape index (κ2) is 9.39. The van der Waals surface area contributed by atoms with Gasteiger partial charge in [0.05, 0.1) is 31.0 Å². The highest BCUT2D eigenvalue weighted by molar-refractivity contribution is 7.99. The monoisotopic (exact) mass is 500 g/mol. The Morgan fingerprint density at radius 1 is 0.944 bits per heavy atom. The van der Waals surface area contributed by atoms with E-state index >= 15 is 0 Å². The third-order valence-corrected chi connectivity index (χ3v) is 8.27. The van der Waals surface area contributed by atoms with Crippen LogP contribution in [0.4, 0.5) is 5.69 Å². The first-order valence-electron chi connectivity index (χ1n) is 12.4. The molecule has 6 nitrogen and oxygen atoms in total. The van der Waals surface area contributed by atoms with Gasteiger partial charge in [-0.1, -0.05) is 53.7 Å². The standard InChI is InChI=1S/C29H28N2O4S/c1-20-5-4-6-21(17-20)19-31-24-18-22(27(32)30-13-11-29(12-14-30)34-15-16-35-29)9-10-26(24)36-25-8-3-2-7-23(25)28(31)33/h2-10,17-18H,11-16,19H2,1H3. The van der Waals surface area contributed by atoms with E-state index in [1.54, 1.807) is 11.8 Å². The third-order valence-electron chi connectivity index (χ3n) is 7.13. The van der Waals surface area contributed by atoms with Crippen molar-refractivity contribution in [3.8, 4) is 0 Å². The molecule has 0 radical (unpaired) electrons. The van der Waals surface area contributed by atoms with Crippen LogP contribution in [-0.2, 0) is 16.0 Å². The molecule has 0 aromatic heterocycles. The molecule has 0 saturated carbocycles. The summed E-state index contributed by atoms with van der Waals surface area (Å²) in [6.07, 6.45) is 1.35. The second-order valence-corrected chi connectivity index (χ2v) is 10.6. The lowest BCUT2D eigenvalue weighted by Crippen LogP contribution is -2.47. The zero-order valence-electron chi connectivity index (χ0n) is 20.2. The number of ether oxygens (including phenoxy) is 2. The van der Waals surface area contributed by atoms with E-state index in [0.29, 0.717) is 56.8 Å². The van der Waals surface area contributed by atoms with Crippen LogP contribution in [0, 0.1) is 6.92 Å². The Hall–Kier alpha value is -3.13. The van der Waals surface area contributed by atoms with E-state index in [1.807, 2.05) is 77.4 Å². The highest BCUT2D eigenvalue weighted by atomic mass is 32.2. The van der Waals surface area contributed by atoms with Crippen LogP contribution < -0.4 is 4.90 Å². The fourth-order valence-electron chi connectivity index (χ4n) is 5.22. The van der Waals surface area contributed by atoms with Crippen molar-refractivity contribution in [2.24, 2.45) is 0 Å². The lowest BCUT2D eigenvalue weighted by atomic mass is 10.0. The summed E-state index contributed by atoms with van der Waals surface area (Å²) in [6, 6.07) is 21.6. The molecule has 0 aliphatic carbocycles. The molecule has 6 rings (SSSR count). The summed E-state index contributed by atoms with van der Waals surface area (Å²) >= 11 is 1.57. The van der Waals surface area contributed by atoms with Crippen LogP contribution in [0.1, 0.15) is 44.7 Å². The van der Waals surface area contributed by atoms with Gasteiger partial charge in [-0.2, -0.15) is 0 Å². The number of hydrogen-bond donors (Lipinski definition) is 0. The molecule has 1 spiro atoms. The number of fused-ring (bicyclic) bond motifs is 2. The molecular weight excluding hydrogens is 472 g/mol. The van der Waals surface area contributed by atoms with Gasteiger partial charge in [0.1, 0.15) is 0 Å². The van der Waals surface area contributed by atoms with Gasteiger partial charge in [0.15, 0.2) is 5.79 Å². The Bertz CT molecular complexity index is 1320. The van der Waals surface area contributed by atoms with E-state index in [1.165, 1.54) is 0 Å². The predicted molar refractivity (Wildman–Crippen MR) is 138 cm³/mol. The summed E-state index contributed by atoms with van der Waals surface area (Å²) in [6.45, 7) is 4.88. The summed E-state index contributed by atoms with van der Waals surface area (Å²) in [5.74, 6) is -0.608. The number of likely N-dealkylation sites (tertiary alicyclic amines) is 1. The van der Waals surface area contributed by atoms with Crippen molar-refractivity contribution >= 4 is 29.3 Å². The topological polar surface area (TPSA) is 59.1 Å². The van der Waals surface area contributed by atoms with Crippen molar-refractivity contribution < 1.29 is 19.1 Å². The maximum atomic E-state index is 13.8. The number of aryl methyl sites for hydroxylation is 1. The van der Waals surface area contributed by atoms with Crippen LogP contribution in [-0.4, -0.2) is 48.8 Å². The molecule has 0 unspecified atom stereocenters. The van der Waals surface area contributed by atoms with Gasteiger partial charge < -0.3 is 19.3 Å². The molecule has 0 N–H and O–H groups in total. The van der Waals surface area contributed by atoms with Gasteiger partial charge in [-0.05, 0) is 42.8 Å². The molecule has 3 aromatic rings. The first kappa shape index (κ1) is 23.3. The van der Waals surface area contributed by atoms with Crippen molar-refractivity contribution in [2.45, 2.75) is 41.9 Å². The molecule has 2 amide bonds. The molecule has 184 valence electrons. The summed E-state index contributed by atoms with van der Waals surface area (Å²) in [4.78, 5) is 32.9. The van der Waals surface area contributed by atoms with E-state index < -0.39 is 5.79 Å². The number of amides is 2. The van der Waals surface area contributed by atoms with Crippen LogP contribution in [0.15, 0.2) is 76.5 Å². The number of carbonyl (C=O) groups excluding carboxylic acids is 2. The Balaban J connectivity index is 1.33. The lowest BCUT2D eigenvalue weighted by molar-refractivity contribution is -0.181. The quantitative estimate of drug-likeness (QED) is 0.489.